The van der Waals surface area contributed by atoms with Gasteiger partial charge in [0.2, 0.25) is 5.91 Å². The number of hydrogen-bond acceptors (Lipinski definition) is 3. The lowest BCUT2D eigenvalue weighted by Gasteiger charge is -2.49. The average molecular weight is 226 g/mol. The van der Waals surface area contributed by atoms with E-state index in [0.717, 1.165) is 19.3 Å². The molecule has 0 heterocycles. The zero-order valence-electron chi connectivity index (χ0n) is 10.1. The number of amides is 1. The van der Waals surface area contributed by atoms with Crippen molar-refractivity contribution >= 4 is 5.91 Å². The Kier molecular flexibility index (Phi) is 3.22. The fraction of sp³-hybridized carbons (Fsp3) is 0.917. The number of nitrogens with one attached hydrogen (secondary N) is 2. The second-order valence-corrected chi connectivity index (χ2v) is 5.67. The molecule has 0 spiro atoms. The Morgan fingerprint density at radius 1 is 1.44 bits per heavy atom. The van der Waals surface area contributed by atoms with Gasteiger partial charge in [0.15, 0.2) is 0 Å². The first-order valence-corrected chi connectivity index (χ1v) is 6.21. The Bertz CT molecular complexity index is 274. The van der Waals surface area contributed by atoms with Gasteiger partial charge in [0.1, 0.15) is 0 Å². The molecule has 2 saturated carbocycles. The summed E-state index contributed by atoms with van der Waals surface area (Å²) in [5, 5.41) is 15.9. The van der Waals surface area contributed by atoms with Crippen LogP contribution in [0.25, 0.3) is 0 Å². The molecule has 4 heteroatoms. The summed E-state index contributed by atoms with van der Waals surface area (Å²) in [5.41, 5.74) is -0.0486. The number of aliphatic hydroxyl groups excluding tert-OH is 1. The van der Waals surface area contributed by atoms with Crippen LogP contribution in [0.5, 0.6) is 0 Å². The number of carbonyl (C=O) groups is 1. The van der Waals surface area contributed by atoms with Gasteiger partial charge in [-0.05, 0) is 19.3 Å². The molecule has 0 aromatic rings. The molecule has 3 N–H and O–H groups in total. The van der Waals surface area contributed by atoms with Crippen molar-refractivity contribution in [1.82, 2.24) is 10.6 Å². The summed E-state index contributed by atoms with van der Waals surface area (Å²) in [7, 11) is 0. The first-order valence-electron chi connectivity index (χ1n) is 6.21. The van der Waals surface area contributed by atoms with E-state index in [4.69, 9.17) is 0 Å². The number of aliphatic hydroxyl groups is 1. The normalized spacial score (nSPS) is 31.9. The lowest BCUT2D eigenvalue weighted by molar-refractivity contribution is -0.121. The van der Waals surface area contributed by atoms with Crippen molar-refractivity contribution in [3.05, 3.63) is 0 Å². The van der Waals surface area contributed by atoms with E-state index in [1.807, 2.05) is 0 Å². The van der Waals surface area contributed by atoms with Crippen LogP contribution in [0.3, 0.4) is 0 Å². The van der Waals surface area contributed by atoms with Gasteiger partial charge in [-0.1, -0.05) is 13.8 Å². The molecule has 0 aliphatic heterocycles. The van der Waals surface area contributed by atoms with Crippen LogP contribution in [0, 0.1) is 5.41 Å². The lowest BCUT2D eigenvalue weighted by Crippen LogP contribution is -2.60. The van der Waals surface area contributed by atoms with Crippen LogP contribution in [0.15, 0.2) is 0 Å². The number of rotatable bonds is 5. The molecule has 4 nitrogen and oxygen atoms in total. The highest BCUT2D eigenvalue weighted by atomic mass is 16.3. The van der Waals surface area contributed by atoms with E-state index in [0.29, 0.717) is 25.0 Å². The summed E-state index contributed by atoms with van der Waals surface area (Å²) in [5.74, 6) is 0.146. The monoisotopic (exact) mass is 226 g/mol. The van der Waals surface area contributed by atoms with Crippen molar-refractivity contribution in [3.63, 3.8) is 0 Å². The quantitative estimate of drug-likeness (QED) is 0.636. The smallest absolute Gasteiger partial charge is 0.221 e. The third kappa shape index (κ3) is 2.55. The topological polar surface area (TPSA) is 61.4 Å². The van der Waals surface area contributed by atoms with Crippen LogP contribution >= 0.6 is 0 Å². The standard InChI is InChI=1S/C12H22N2O2/c1-12(2)9(7-10(12)15)13-6-5-11(16)14-8-3-4-8/h8-10,13,15H,3-7H2,1-2H3,(H,14,16). The van der Waals surface area contributed by atoms with Crippen LogP contribution in [0.1, 0.15) is 39.5 Å². The summed E-state index contributed by atoms with van der Waals surface area (Å²) >= 11 is 0. The van der Waals surface area contributed by atoms with E-state index in [1.54, 1.807) is 0 Å². The molecule has 0 aromatic carbocycles. The van der Waals surface area contributed by atoms with E-state index in [1.165, 1.54) is 0 Å². The highest BCUT2D eigenvalue weighted by molar-refractivity contribution is 5.76. The largest absolute Gasteiger partial charge is 0.392 e. The average Bonchev–Trinajstić information content (AvgIpc) is 3.00. The maximum atomic E-state index is 11.4. The van der Waals surface area contributed by atoms with E-state index in [9.17, 15) is 9.90 Å². The van der Waals surface area contributed by atoms with Crippen molar-refractivity contribution in [2.45, 2.75) is 57.7 Å². The van der Waals surface area contributed by atoms with Crippen LogP contribution < -0.4 is 10.6 Å². The maximum Gasteiger partial charge on any atom is 0.221 e. The molecule has 2 aliphatic carbocycles. The minimum Gasteiger partial charge on any atom is -0.392 e. The Morgan fingerprint density at radius 3 is 2.62 bits per heavy atom. The summed E-state index contributed by atoms with van der Waals surface area (Å²) in [6, 6.07) is 0.797. The van der Waals surface area contributed by atoms with E-state index in [-0.39, 0.29) is 17.4 Å². The predicted molar refractivity (Wildman–Crippen MR) is 62.0 cm³/mol. The molecule has 2 fully saturated rings. The maximum absolute atomic E-state index is 11.4. The van der Waals surface area contributed by atoms with Crippen LogP contribution in [0.4, 0.5) is 0 Å². The van der Waals surface area contributed by atoms with Crippen LogP contribution in [-0.2, 0) is 4.79 Å². The van der Waals surface area contributed by atoms with Crippen LogP contribution in [-0.4, -0.2) is 35.7 Å². The first-order chi connectivity index (χ1) is 7.50. The van der Waals surface area contributed by atoms with Crippen LogP contribution in [0.2, 0.25) is 0 Å². The molecule has 0 bridgehead atoms. The molecule has 2 aliphatic rings. The highest BCUT2D eigenvalue weighted by Gasteiger charge is 2.46. The van der Waals surface area contributed by atoms with Crippen molar-refractivity contribution in [1.29, 1.82) is 0 Å². The zero-order valence-corrected chi connectivity index (χ0v) is 10.1. The predicted octanol–water partition coefficient (Wildman–Crippen LogP) is 0.404. The van der Waals surface area contributed by atoms with Crippen molar-refractivity contribution in [3.8, 4) is 0 Å². The molecule has 2 atom stereocenters. The number of carbonyl (C=O) groups excluding carboxylic acids is 1. The molecule has 0 radical (unpaired) electrons. The highest BCUT2D eigenvalue weighted by Crippen LogP contribution is 2.40. The van der Waals surface area contributed by atoms with Gasteiger partial charge >= 0.3 is 0 Å². The van der Waals surface area contributed by atoms with Crippen molar-refractivity contribution in [2.24, 2.45) is 5.41 Å². The van der Waals surface area contributed by atoms with Gasteiger partial charge in [0.05, 0.1) is 6.10 Å². The van der Waals surface area contributed by atoms with Crippen molar-refractivity contribution in [2.75, 3.05) is 6.54 Å². The van der Waals surface area contributed by atoms with E-state index >= 15 is 0 Å². The van der Waals surface area contributed by atoms with Gasteiger partial charge in [-0.3, -0.25) is 4.79 Å². The Labute approximate surface area is 96.8 Å². The molecule has 0 aromatic heterocycles. The summed E-state index contributed by atoms with van der Waals surface area (Å²) < 4.78 is 0. The molecular formula is C12H22N2O2. The van der Waals surface area contributed by atoms with Gasteiger partial charge in [0.25, 0.3) is 0 Å². The molecule has 92 valence electrons. The third-order valence-corrected chi connectivity index (χ3v) is 3.90. The SMILES string of the molecule is CC1(C)C(O)CC1NCCC(=O)NC1CC1. The fourth-order valence-corrected chi connectivity index (χ4v) is 2.14. The minimum atomic E-state index is -0.203. The zero-order chi connectivity index (χ0) is 11.8. The third-order valence-electron chi connectivity index (χ3n) is 3.90. The number of hydrogen-bond donors (Lipinski definition) is 3. The second kappa shape index (κ2) is 4.34. The molecule has 16 heavy (non-hydrogen) atoms. The molecule has 0 saturated heterocycles. The van der Waals surface area contributed by atoms with Gasteiger partial charge in [-0.25, -0.2) is 0 Å². The Hall–Kier alpha value is -0.610. The van der Waals surface area contributed by atoms with Gasteiger partial charge in [0, 0.05) is 30.5 Å². The Balaban J connectivity index is 1.59. The lowest BCUT2D eigenvalue weighted by atomic mass is 9.64. The first kappa shape index (κ1) is 11.9. The summed E-state index contributed by atoms with van der Waals surface area (Å²) in [4.78, 5) is 11.4. The van der Waals surface area contributed by atoms with Gasteiger partial charge in [-0.15, -0.1) is 0 Å². The van der Waals surface area contributed by atoms with Gasteiger partial charge in [-0.2, -0.15) is 0 Å². The molecule has 2 rings (SSSR count). The van der Waals surface area contributed by atoms with E-state index < -0.39 is 0 Å². The Morgan fingerprint density at radius 2 is 2.12 bits per heavy atom. The molecular weight excluding hydrogens is 204 g/mol. The van der Waals surface area contributed by atoms with Crippen molar-refractivity contribution < 1.29 is 9.90 Å². The minimum absolute atomic E-state index is 0.0486. The molecule has 1 amide bonds. The summed E-state index contributed by atoms with van der Waals surface area (Å²) in [6.45, 7) is 4.82. The second-order valence-electron chi connectivity index (χ2n) is 5.67. The molecule has 2 unspecified atom stereocenters. The van der Waals surface area contributed by atoms with Gasteiger partial charge < -0.3 is 15.7 Å². The van der Waals surface area contributed by atoms with E-state index in [2.05, 4.69) is 24.5 Å². The fourth-order valence-electron chi connectivity index (χ4n) is 2.14. The summed E-state index contributed by atoms with van der Waals surface area (Å²) in [6.07, 6.45) is 3.42.